The van der Waals surface area contributed by atoms with E-state index in [1.54, 1.807) is 32.0 Å². The number of hydrogen-bond acceptors (Lipinski definition) is 12. The van der Waals surface area contributed by atoms with Gasteiger partial charge in [-0.25, -0.2) is 9.59 Å². The van der Waals surface area contributed by atoms with Crippen molar-refractivity contribution in [3.8, 4) is 11.5 Å². The highest BCUT2D eigenvalue weighted by atomic mass is 35.5. The number of rotatable bonds is 12. The van der Waals surface area contributed by atoms with Crippen molar-refractivity contribution < 1.29 is 52.3 Å². The Morgan fingerprint density at radius 2 is 1.94 bits per heavy atom. The standard InChI is InChI=1S/C34H42ClNO11/c1-33(2,46-31(39)24-9-6-15-44-24)11-7-12-34(41,19-27(38)43-4)32(40)45-30-26(42-3)17-21-8-5-13-36-14-10-20-16-25(47-35)23(37)18-22(20)28(30)29(21)36/h6,9,15-18,21,28-30,37,41H,5,7-8,10-14,19H2,1-4H3. The van der Waals surface area contributed by atoms with Crippen LogP contribution in [0.4, 0.5) is 0 Å². The van der Waals surface area contributed by atoms with Gasteiger partial charge in [-0.1, -0.05) is 0 Å². The second-order valence-corrected chi connectivity index (χ2v) is 13.2. The van der Waals surface area contributed by atoms with E-state index in [2.05, 4.69) is 4.90 Å². The molecule has 13 heteroatoms. The van der Waals surface area contributed by atoms with Crippen LogP contribution in [0.5, 0.6) is 11.5 Å². The summed E-state index contributed by atoms with van der Waals surface area (Å²) in [5.41, 5.74) is -1.60. The molecule has 3 heterocycles. The van der Waals surface area contributed by atoms with Crippen LogP contribution < -0.4 is 4.29 Å². The van der Waals surface area contributed by atoms with E-state index in [-0.39, 0.29) is 48.5 Å². The fourth-order valence-corrected chi connectivity index (χ4v) is 7.34. The summed E-state index contributed by atoms with van der Waals surface area (Å²) in [7, 11) is 2.67. The maximum absolute atomic E-state index is 14.1. The molecule has 256 valence electrons. The highest BCUT2D eigenvalue weighted by Gasteiger charge is 2.51. The van der Waals surface area contributed by atoms with Gasteiger partial charge in [0.25, 0.3) is 0 Å². The minimum absolute atomic E-state index is 0.0527. The number of benzene rings is 1. The van der Waals surface area contributed by atoms with Crippen molar-refractivity contribution in [3.05, 3.63) is 59.3 Å². The van der Waals surface area contributed by atoms with Crippen LogP contribution in [0.3, 0.4) is 0 Å². The van der Waals surface area contributed by atoms with Gasteiger partial charge >= 0.3 is 17.9 Å². The molecular weight excluding hydrogens is 634 g/mol. The number of phenolic OH excluding ortho intramolecular Hbond substituents is 1. The molecule has 1 fully saturated rings. The lowest BCUT2D eigenvalue weighted by atomic mass is 9.71. The van der Waals surface area contributed by atoms with Crippen LogP contribution in [0.15, 0.2) is 46.8 Å². The number of carbonyl (C=O) groups excluding carboxylic acids is 3. The number of ether oxygens (including phenoxy) is 4. The Hall–Kier alpha value is -3.74. The number of halogens is 1. The Morgan fingerprint density at radius 1 is 1.15 bits per heavy atom. The minimum atomic E-state index is -2.26. The molecule has 5 rings (SSSR count). The van der Waals surface area contributed by atoms with Crippen molar-refractivity contribution >= 4 is 29.8 Å². The molecule has 0 saturated carbocycles. The van der Waals surface area contributed by atoms with Crippen molar-refractivity contribution in [2.45, 2.75) is 88.1 Å². The third-order valence-electron chi connectivity index (χ3n) is 9.50. The number of carbonyl (C=O) groups is 3. The molecule has 47 heavy (non-hydrogen) atoms. The first-order valence-electron chi connectivity index (χ1n) is 15.8. The molecule has 0 amide bonds. The summed E-state index contributed by atoms with van der Waals surface area (Å²) >= 11 is 5.64. The number of methoxy groups -OCH3 is 2. The smallest absolute Gasteiger partial charge is 0.374 e. The topological polar surface area (TPSA) is 154 Å². The van der Waals surface area contributed by atoms with Gasteiger partial charge in [-0.3, -0.25) is 9.69 Å². The van der Waals surface area contributed by atoms with Crippen LogP contribution in [0.1, 0.15) is 80.0 Å². The molecule has 2 aromatic rings. The highest BCUT2D eigenvalue weighted by molar-refractivity contribution is 6.09. The molecule has 12 nitrogen and oxygen atoms in total. The first kappa shape index (κ1) is 34.6. The Labute approximate surface area is 278 Å². The van der Waals surface area contributed by atoms with E-state index >= 15 is 0 Å². The van der Waals surface area contributed by atoms with Gasteiger partial charge in [0.1, 0.15) is 23.2 Å². The van der Waals surface area contributed by atoms with Crippen molar-refractivity contribution in [1.82, 2.24) is 4.90 Å². The zero-order valence-electron chi connectivity index (χ0n) is 27.0. The van der Waals surface area contributed by atoms with E-state index in [1.807, 2.05) is 6.08 Å². The molecule has 1 aliphatic carbocycles. The van der Waals surface area contributed by atoms with Gasteiger partial charge < -0.3 is 37.9 Å². The predicted molar refractivity (Wildman–Crippen MR) is 168 cm³/mol. The Kier molecular flexibility index (Phi) is 10.4. The van der Waals surface area contributed by atoms with Crippen LogP contribution in [0, 0.1) is 5.92 Å². The maximum atomic E-state index is 14.1. The van der Waals surface area contributed by atoms with Crippen LogP contribution in [-0.4, -0.2) is 83.7 Å². The molecular formula is C34H42ClNO11. The van der Waals surface area contributed by atoms with Gasteiger partial charge in [0.15, 0.2) is 23.2 Å². The molecule has 0 radical (unpaired) electrons. The quantitative estimate of drug-likeness (QED) is 0.235. The van der Waals surface area contributed by atoms with Crippen molar-refractivity contribution in [1.29, 1.82) is 0 Å². The summed E-state index contributed by atoms with van der Waals surface area (Å²) in [6.07, 6.45) is 4.52. The zero-order chi connectivity index (χ0) is 33.9. The number of fused-ring (bicyclic) bond motifs is 2. The Bertz CT molecular complexity index is 1490. The van der Waals surface area contributed by atoms with Gasteiger partial charge in [-0.05, 0) is 106 Å². The number of phenols is 1. The fraction of sp³-hybridized carbons (Fsp3) is 0.559. The van der Waals surface area contributed by atoms with E-state index in [4.69, 9.17) is 39.5 Å². The first-order chi connectivity index (χ1) is 22.4. The van der Waals surface area contributed by atoms with E-state index in [1.165, 1.54) is 26.5 Å². The lowest BCUT2D eigenvalue weighted by Gasteiger charge is -2.48. The lowest BCUT2D eigenvalue weighted by Crippen LogP contribution is -2.55. The first-order valence-corrected chi connectivity index (χ1v) is 16.1. The van der Waals surface area contributed by atoms with Crippen LogP contribution in [0.25, 0.3) is 0 Å². The van der Waals surface area contributed by atoms with Crippen molar-refractivity contribution in [3.63, 3.8) is 0 Å². The average molecular weight is 676 g/mol. The number of furan rings is 1. The molecule has 5 atom stereocenters. The lowest BCUT2D eigenvalue weighted by molar-refractivity contribution is -0.180. The number of hydrogen-bond donors (Lipinski definition) is 2. The van der Waals surface area contributed by atoms with Gasteiger partial charge in [0.2, 0.25) is 5.76 Å². The fourth-order valence-electron chi connectivity index (χ4n) is 7.21. The summed E-state index contributed by atoms with van der Waals surface area (Å²) in [5.74, 6) is -2.40. The second kappa shape index (κ2) is 14.2. The number of piperidine rings is 1. The summed E-state index contributed by atoms with van der Waals surface area (Å²) in [6, 6.07) is 6.28. The summed E-state index contributed by atoms with van der Waals surface area (Å²) in [5, 5.41) is 22.5. The average Bonchev–Trinajstić information content (AvgIpc) is 3.53. The minimum Gasteiger partial charge on any atom is -0.504 e. The van der Waals surface area contributed by atoms with Gasteiger partial charge in [-0.2, -0.15) is 0 Å². The molecule has 0 spiro atoms. The predicted octanol–water partition coefficient (Wildman–Crippen LogP) is 4.79. The maximum Gasteiger partial charge on any atom is 0.374 e. The van der Waals surface area contributed by atoms with Gasteiger partial charge in [0.05, 0.1) is 26.9 Å². The molecule has 5 unspecified atom stereocenters. The van der Waals surface area contributed by atoms with Crippen molar-refractivity contribution in [2.24, 2.45) is 5.92 Å². The largest absolute Gasteiger partial charge is 0.504 e. The van der Waals surface area contributed by atoms with Gasteiger partial charge in [-0.15, -0.1) is 0 Å². The molecule has 2 aliphatic heterocycles. The van der Waals surface area contributed by atoms with E-state index in [9.17, 15) is 24.6 Å². The summed E-state index contributed by atoms with van der Waals surface area (Å²) in [4.78, 5) is 41.4. The van der Waals surface area contributed by atoms with Crippen molar-refractivity contribution in [2.75, 3.05) is 27.3 Å². The SMILES string of the molecule is COC(=O)CC(O)(CCCC(C)(C)OC(=O)c1ccco1)C(=O)OC1C(OC)=CC2CCCN3CCc4cc(OCl)c(O)cc4C1C23. The second-order valence-electron chi connectivity index (χ2n) is 13.1. The Balaban J connectivity index is 1.42. The third-order valence-corrected chi connectivity index (χ3v) is 9.67. The van der Waals surface area contributed by atoms with E-state index in [0.717, 1.165) is 37.1 Å². The number of nitrogens with zero attached hydrogens (tertiary/aromatic N) is 1. The number of aliphatic hydroxyl groups is 1. The zero-order valence-corrected chi connectivity index (χ0v) is 27.8. The molecule has 1 aromatic carbocycles. The number of aromatic hydroxyl groups is 1. The molecule has 1 saturated heterocycles. The van der Waals surface area contributed by atoms with Gasteiger partial charge in [0, 0.05) is 18.5 Å². The summed E-state index contributed by atoms with van der Waals surface area (Å²) in [6.45, 7) is 4.99. The Morgan fingerprint density at radius 3 is 2.62 bits per heavy atom. The van der Waals surface area contributed by atoms with Crippen LogP contribution in [0.2, 0.25) is 0 Å². The molecule has 0 bridgehead atoms. The molecule has 2 N–H and O–H groups in total. The monoisotopic (exact) mass is 675 g/mol. The normalized spacial score (nSPS) is 23.6. The third kappa shape index (κ3) is 7.39. The highest BCUT2D eigenvalue weighted by Crippen LogP contribution is 2.49. The van der Waals surface area contributed by atoms with Crippen LogP contribution >= 0.6 is 11.9 Å². The van der Waals surface area contributed by atoms with Crippen LogP contribution in [-0.2, 0) is 35.0 Å². The number of esters is 3. The summed E-state index contributed by atoms with van der Waals surface area (Å²) < 4.78 is 32.4. The molecule has 3 aliphatic rings. The molecule has 1 aromatic heterocycles. The van der Waals surface area contributed by atoms with E-state index < -0.39 is 47.6 Å². The van der Waals surface area contributed by atoms with E-state index in [0.29, 0.717) is 12.2 Å².